The Balaban J connectivity index is 0. The minimum Gasteiger partial charge on any atom is -0.478 e. The molecule has 0 heterocycles. The molecule has 0 aromatic carbocycles. The third-order valence-electron chi connectivity index (χ3n) is 1.11. The minimum atomic E-state index is -0.935. The summed E-state index contributed by atoms with van der Waals surface area (Å²) in [4.78, 5) is 20.4. The Kier molecular flexibility index (Phi) is 7.18. The van der Waals surface area contributed by atoms with Gasteiger partial charge in [0.25, 0.3) is 0 Å². The molecule has 92 valence electrons. The maximum absolute atomic E-state index is 10.8. The molecule has 0 fully saturated rings. The molecule has 0 aliphatic carbocycles. The van der Waals surface area contributed by atoms with Gasteiger partial charge in [-0.15, -0.1) is 0 Å². The van der Waals surface area contributed by atoms with E-state index in [2.05, 4.69) is 13.2 Å². The monoisotopic (exact) mass is 228 g/mol. The second-order valence-corrected chi connectivity index (χ2v) is 4.37. The van der Waals surface area contributed by atoms with Crippen molar-refractivity contribution in [1.29, 1.82) is 0 Å². The van der Waals surface area contributed by atoms with Gasteiger partial charge in [-0.1, -0.05) is 13.2 Å². The fourth-order valence-corrected chi connectivity index (χ4v) is 0.365. The highest BCUT2D eigenvalue weighted by Gasteiger charge is 2.15. The number of esters is 1. The minimum absolute atomic E-state index is 0.176. The van der Waals surface area contributed by atoms with Gasteiger partial charge in [0.2, 0.25) is 0 Å². The second-order valence-electron chi connectivity index (χ2n) is 4.37. The number of carboxylic acid groups (broad SMARTS) is 1. The summed E-state index contributed by atoms with van der Waals surface area (Å²) in [7, 11) is 0. The van der Waals surface area contributed by atoms with Crippen LogP contribution in [-0.2, 0) is 14.3 Å². The van der Waals surface area contributed by atoms with Crippen LogP contribution in [0.3, 0.4) is 0 Å². The van der Waals surface area contributed by atoms with Gasteiger partial charge in [-0.25, -0.2) is 9.59 Å². The zero-order valence-electron chi connectivity index (χ0n) is 10.6. The second kappa shape index (κ2) is 6.82. The van der Waals surface area contributed by atoms with E-state index in [1.54, 1.807) is 6.92 Å². The van der Waals surface area contributed by atoms with Gasteiger partial charge in [0.05, 0.1) is 0 Å². The lowest BCUT2D eigenvalue weighted by Gasteiger charge is -2.19. The maximum atomic E-state index is 10.8. The van der Waals surface area contributed by atoms with Gasteiger partial charge in [0.15, 0.2) is 0 Å². The van der Waals surface area contributed by atoms with E-state index in [0.717, 1.165) is 0 Å². The topological polar surface area (TPSA) is 63.6 Å². The highest BCUT2D eigenvalue weighted by Crippen LogP contribution is 2.09. The first-order valence-corrected chi connectivity index (χ1v) is 4.75. The first-order chi connectivity index (χ1) is 6.97. The summed E-state index contributed by atoms with van der Waals surface area (Å²) in [6.45, 7) is 15.2. The molecule has 16 heavy (non-hydrogen) atoms. The van der Waals surface area contributed by atoms with E-state index in [-0.39, 0.29) is 11.5 Å². The molecular weight excluding hydrogens is 208 g/mol. The summed E-state index contributed by atoms with van der Waals surface area (Å²) < 4.78 is 4.96. The van der Waals surface area contributed by atoms with E-state index in [1.165, 1.54) is 6.92 Å². The van der Waals surface area contributed by atoms with E-state index >= 15 is 0 Å². The van der Waals surface area contributed by atoms with Gasteiger partial charge in [0.1, 0.15) is 5.60 Å². The Bertz CT molecular complexity index is 283. The summed E-state index contributed by atoms with van der Waals surface area (Å²) >= 11 is 0. The Morgan fingerprint density at radius 1 is 1.06 bits per heavy atom. The van der Waals surface area contributed by atoms with Gasteiger partial charge in [0, 0.05) is 11.1 Å². The molecule has 0 aromatic heterocycles. The molecule has 0 saturated heterocycles. The van der Waals surface area contributed by atoms with Crippen molar-refractivity contribution >= 4 is 11.9 Å². The van der Waals surface area contributed by atoms with Crippen LogP contribution in [-0.4, -0.2) is 22.6 Å². The predicted molar refractivity (Wildman–Crippen MR) is 63.1 cm³/mol. The number of rotatable bonds is 2. The van der Waals surface area contributed by atoms with Gasteiger partial charge in [-0.2, -0.15) is 0 Å². The van der Waals surface area contributed by atoms with Crippen LogP contribution < -0.4 is 0 Å². The molecule has 0 saturated carbocycles. The Hall–Kier alpha value is -1.58. The summed E-state index contributed by atoms with van der Waals surface area (Å²) in [6, 6.07) is 0. The van der Waals surface area contributed by atoms with E-state index in [4.69, 9.17) is 9.84 Å². The lowest BCUT2D eigenvalue weighted by molar-refractivity contribution is -0.149. The molecule has 0 rings (SSSR count). The van der Waals surface area contributed by atoms with Crippen LogP contribution in [0.5, 0.6) is 0 Å². The molecule has 0 unspecified atom stereocenters. The number of hydrogen-bond donors (Lipinski definition) is 1. The SMILES string of the molecule is C=C(C)C(=O)O.C=C(C)C(=O)OC(C)(C)C. The average Bonchev–Trinajstić information content (AvgIpc) is 2.01. The molecule has 0 spiro atoms. The highest BCUT2D eigenvalue weighted by atomic mass is 16.6. The first-order valence-electron chi connectivity index (χ1n) is 4.75. The summed E-state index contributed by atoms with van der Waals surface area (Å²) in [6.07, 6.45) is 0. The third-order valence-corrected chi connectivity index (χ3v) is 1.11. The molecule has 0 radical (unpaired) electrons. The average molecular weight is 228 g/mol. The standard InChI is InChI=1S/C8H14O2.C4H6O2/c1-6(2)7(9)10-8(3,4)5;1-3(2)4(5)6/h1H2,2-5H3;1H2,2H3,(H,5,6). The number of aliphatic carboxylic acids is 1. The largest absolute Gasteiger partial charge is 0.478 e. The van der Waals surface area contributed by atoms with Gasteiger partial charge < -0.3 is 9.84 Å². The van der Waals surface area contributed by atoms with Crippen LogP contribution in [0, 0.1) is 0 Å². The van der Waals surface area contributed by atoms with Crippen LogP contribution in [0.15, 0.2) is 24.3 Å². The van der Waals surface area contributed by atoms with Crippen molar-refractivity contribution in [1.82, 2.24) is 0 Å². The van der Waals surface area contributed by atoms with Crippen LogP contribution >= 0.6 is 0 Å². The fourth-order valence-electron chi connectivity index (χ4n) is 0.365. The van der Waals surface area contributed by atoms with Crippen LogP contribution in [0.25, 0.3) is 0 Å². The third kappa shape index (κ3) is 12.4. The van der Waals surface area contributed by atoms with Crippen molar-refractivity contribution in [2.24, 2.45) is 0 Å². The van der Waals surface area contributed by atoms with Gasteiger partial charge >= 0.3 is 11.9 Å². The lowest BCUT2D eigenvalue weighted by atomic mass is 10.2. The maximum Gasteiger partial charge on any atom is 0.333 e. The number of carbonyl (C=O) groups excluding carboxylic acids is 1. The zero-order valence-corrected chi connectivity index (χ0v) is 10.6. The lowest BCUT2D eigenvalue weighted by Crippen LogP contribution is -2.23. The van der Waals surface area contributed by atoms with Crippen LogP contribution in [0.1, 0.15) is 34.6 Å². The quantitative estimate of drug-likeness (QED) is 0.582. The normalized spacial score (nSPS) is 9.56. The van der Waals surface area contributed by atoms with E-state index in [1.807, 2.05) is 20.8 Å². The van der Waals surface area contributed by atoms with Crippen molar-refractivity contribution in [2.45, 2.75) is 40.2 Å². The number of ether oxygens (including phenoxy) is 1. The molecular formula is C12H20O4. The Morgan fingerprint density at radius 2 is 1.38 bits per heavy atom. The molecule has 0 amide bonds. The van der Waals surface area contributed by atoms with Gasteiger partial charge in [-0.3, -0.25) is 0 Å². The Labute approximate surface area is 96.6 Å². The van der Waals surface area contributed by atoms with E-state index < -0.39 is 11.6 Å². The van der Waals surface area contributed by atoms with Crippen molar-refractivity contribution in [2.75, 3.05) is 0 Å². The molecule has 1 N–H and O–H groups in total. The highest BCUT2D eigenvalue weighted by molar-refractivity contribution is 5.87. The molecule has 0 aliphatic heterocycles. The number of hydrogen-bond acceptors (Lipinski definition) is 3. The molecule has 0 bridgehead atoms. The summed E-state index contributed by atoms with van der Waals surface area (Å²) in [5.41, 5.74) is 0.209. The zero-order chi connectivity index (χ0) is 13.5. The first kappa shape index (κ1) is 16.8. The molecule has 0 atom stereocenters. The smallest absolute Gasteiger partial charge is 0.333 e. The van der Waals surface area contributed by atoms with Crippen molar-refractivity contribution in [3.8, 4) is 0 Å². The fraction of sp³-hybridized carbons (Fsp3) is 0.500. The predicted octanol–water partition coefficient (Wildman–Crippen LogP) is 2.55. The molecule has 0 aliphatic rings. The number of carboxylic acids is 1. The molecule has 4 nitrogen and oxygen atoms in total. The Morgan fingerprint density at radius 3 is 1.44 bits per heavy atom. The van der Waals surface area contributed by atoms with Crippen molar-refractivity contribution < 1.29 is 19.4 Å². The molecule has 0 aromatic rings. The van der Waals surface area contributed by atoms with Crippen molar-refractivity contribution in [3.05, 3.63) is 24.3 Å². The molecule has 4 heteroatoms. The number of carbonyl (C=O) groups is 2. The summed E-state index contributed by atoms with van der Waals surface area (Å²) in [5, 5.41) is 7.89. The summed E-state index contributed by atoms with van der Waals surface area (Å²) in [5.74, 6) is -1.26. The van der Waals surface area contributed by atoms with E-state index in [9.17, 15) is 9.59 Å². The van der Waals surface area contributed by atoms with Gasteiger partial charge in [-0.05, 0) is 34.6 Å². The van der Waals surface area contributed by atoms with E-state index in [0.29, 0.717) is 5.57 Å². The van der Waals surface area contributed by atoms with Crippen LogP contribution in [0.4, 0.5) is 0 Å². The van der Waals surface area contributed by atoms with Crippen molar-refractivity contribution in [3.63, 3.8) is 0 Å². The van der Waals surface area contributed by atoms with Crippen LogP contribution in [0.2, 0.25) is 0 Å².